The molecule has 0 aliphatic rings. The summed E-state index contributed by atoms with van der Waals surface area (Å²) < 4.78 is 16.7. The van der Waals surface area contributed by atoms with Crippen molar-refractivity contribution in [2.24, 2.45) is 0 Å². The minimum Gasteiger partial charge on any atom is -0.462 e. The fourth-order valence-electron chi connectivity index (χ4n) is 7.33. The van der Waals surface area contributed by atoms with E-state index >= 15 is 0 Å². The molecule has 1 unspecified atom stereocenters. The lowest BCUT2D eigenvalue weighted by Crippen LogP contribution is -2.30. The standard InChI is InChI=1S/C66H104O6/c1-4-7-10-13-16-18-20-22-24-26-28-30-32-33-35-36-38-40-42-44-46-48-50-53-56-59-65(68)71-62-63(61-70-64(67)58-55-52-15-12-9-6-3)72-66(69)60-57-54-51-49-47-45-43-41-39-37-34-31-29-27-25-23-21-19-17-14-11-8-5-2/h7-8,10-11,16-19,22-25,28-31,33,35,37-40,44,46,63H,4-6,9,12-15,20-21,26-27,32,34,36,41-43,45,47-62H2,1-3H3/b10-7-,11-8-,18-16-,19-17-,24-22-,25-23-,30-28-,31-29-,35-33-,39-37-,40-38-,46-44-. The van der Waals surface area contributed by atoms with E-state index < -0.39 is 6.10 Å². The van der Waals surface area contributed by atoms with E-state index in [0.29, 0.717) is 19.3 Å². The van der Waals surface area contributed by atoms with Crippen molar-refractivity contribution in [1.82, 2.24) is 0 Å². The summed E-state index contributed by atoms with van der Waals surface area (Å²) in [5, 5.41) is 0. The first-order valence-electron chi connectivity index (χ1n) is 28.8. The summed E-state index contributed by atoms with van der Waals surface area (Å²) in [5.74, 6) is -0.961. The molecular weight excluding hydrogens is 889 g/mol. The number of carbonyl (C=O) groups excluding carboxylic acids is 3. The first-order chi connectivity index (χ1) is 35.5. The molecule has 0 aliphatic carbocycles. The van der Waals surface area contributed by atoms with Gasteiger partial charge in [0.05, 0.1) is 0 Å². The molecule has 6 heteroatoms. The third kappa shape index (κ3) is 56.2. The molecule has 0 aromatic carbocycles. The first kappa shape index (κ1) is 67.3. The van der Waals surface area contributed by atoms with Gasteiger partial charge in [0.1, 0.15) is 13.2 Å². The van der Waals surface area contributed by atoms with Crippen LogP contribution in [0.5, 0.6) is 0 Å². The maximum absolute atomic E-state index is 12.8. The smallest absolute Gasteiger partial charge is 0.306 e. The Bertz CT molecular complexity index is 1610. The van der Waals surface area contributed by atoms with E-state index in [4.69, 9.17) is 14.2 Å². The van der Waals surface area contributed by atoms with Crippen LogP contribution in [0, 0.1) is 0 Å². The lowest BCUT2D eigenvalue weighted by atomic mass is 10.1. The first-order valence-corrected chi connectivity index (χ1v) is 28.8. The largest absolute Gasteiger partial charge is 0.462 e. The topological polar surface area (TPSA) is 78.9 Å². The average molecular weight is 994 g/mol. The second kappa shape index (κ2) is 58.9. The summed E-state index contributed by atoms with van der Waals surface area (Å²) in [7, 11) is 0. The monoisotopic (exact) mass is 993 g/mol. The van der Waals surface area contributed by atoms with Crippen molar-refractivity contribution in [2.75, 3.05) is 13.2 Å². The van der Waals surface area contributed by atoms with Crippen molar-refractivity contribution in [2.45, 2.75) is 239 Å². The van der Waals surface area contributed by atoms with Crippen LogP contribution in [0.25, 0.3) is 0 Å². The minimum atomic E-state index is -0.802. The maximum Gasteiger partial charge on any atom is 0.306 e. The third-order valence-electron chi connectivity index (χ3n) is 11.6. The van der Waals surface area contributed by atoms with Crippen LogP contribution in [0.15, 0.2) is 146 Å². The van der Waals surface area contributed by atoms with E-state index in [1.54, 1.807) is 0 Å². The highest BCUT2D eigenvalue weighted by atomic mass is 16.6. The SMILES string of the molecule is CC/C=C\C/C=C\C/C=C\C/C=C\C/C=C\C/C=C\C/C=C\CCCCCC(=O)OCC(COC(=O)CCCCCCCC)OC(=O)CCCCCCCCC/C=C\C/C=C\C/C=C\C/C=C\C/C=C\CC. The van der Waals surface area contributed by atoms with Gasteiger partial charge < -0.3 is 14.2 Å². The van der Waals surface area contributed by atoms with Crippen molar-refractivity contribution in [3.8, 4) is 0 Å². The van der Waals surface area contributed by atoms with E-state index in [9.17, 15) is 14.4 Å². The van der Waals surface area contributed by atoms with Crippen LogP contribution in [-0.4, -0.2) is 37.2 Å². The molecule has 0 spiro atoms. The summed E-state index contributed by atoms with van der Waals surface area (Å²) in [6, 6.07) is 0. The maximum atomic E-state index is 12.8. The number of esters is 3. The Morgan fingerprint density at radius 3 is 0.861 bits per heavy atom. The van der Waals surface area contributed by atoms with E-state index in [2.05, 4.69) is 167 Å². The highest BCUT2D eigenvalue weighted by molar-refractivity contribution is 5.71. The second-order valence-electron chi connectivity index (χ2n) is 18.4. The summed E-state index contributed by atoms with van der Waals surface area (Å²) in [4.78, 5) is 37.9. The number of rotatable bonds is 50. The molecule has 0 radical (unpaired) electrons. The highest BCUT2D eigenvalue weighted by Crippen LogP contribution is 2.13. The fourth-order valence-corrected chi connectivity index (χ4v) is 7.33. The molecule has 0 rings (SSSR count). The Balaban J connectivity index is 4.29. The van der Waals surface area contributed by atoms with Gasteiger partial charge >= 0.3 is 17.9 Å². The number of unbranched alkanes of at least 4 members (excludes halogenated alkanes) is 15. The number of hydrogen-bond donors (Lipinski definition) is 0. The van der Waals surface area contributed by atoms with Crippen LogP contribution in [0.3, 0.4) is 0 Å². The molecular formula is C66H104O6. The quantitative estimate of drug-likeness (QED) is 0.0261. The van der Waals surface area contributed by atoms with Crippen LogP contribution in [0.4, 0.5) is 0 Å². The fraction of sp³-hybridized carbons (Fsp3) is 0.591. The number of carbonyl (C=O) groups is 3. The van der Waals surface area contributed by atoms with Crippen molar-refractivity contribution >= 4 is 17.9 Å². The molecule has 0 aromatic heterocycles. The normalized spacial score (nSPS) is 13.2. The predicted molar refractivity (Wildman–Crippen MR) is 311 cm³/mol. The number of ether oxygens (including phenoxy) is 3. The number of allylic oxidation sites excluding steroid dienone is 24. The Hall–Kier alpha value is -4.71. The zero-order chi connectivity index (χ0) is 52.2. The molecule has 0 bridgehead atoms. The summed E-state index contributed by atoms with van der Waals surface area (Å²) in [6.45, 7) is 6.30. The van der Waals surface area contributed by atoms with Gasteiger partial charge in [0.25, 0.3) is 0 Å². The van der Waals surface area contributed by atoms with E-state index in [-0.39, 0.29) is 31.1 Å². The zero-order valence-electron chi connectivity index (χ0n) is 46.1. The second-order valence-corrected chi connectivity index (χ2v) is 18.4. The average Bonchev–Trinajstić information content (AvgIpc) is 3.38. The Morgan fingerprint density at radius 1 is 0.292 bits per heavy atom. The highest BCUT2D eigenvalue weighted by Gasteiger charge is 2.19. The van der Waals surface area contributed by atoms with Gasteiger partial charge in [-0.15, -0.1) is 0 Å². The van der Waals surface area contributed by atoms with Gasteiger partial charge in [-0.25, -0.2) is 0 Å². The van der Waals surface area contributed by atoms with Gasteiger partial charge in [-0.1, -0.05) is 237 Å². The van der Waals surface area contributed by atoms with Crippen molar-refractivity contribution in [3.63, 3.8) is 0 Å². The van der Waals surface area contributed by atoms with E-state index in [1.807, 2.05) is 0 Å². The van der Waals surface area contributed by atoms with E-state index in [0.717, 1.165) is 154 Å². The van der Waals surface area contributed by atoms with Crippen molar-refractivity contribution in [1.29, 1.82) is 0 Å². The molecule has 0 N–H and O–H groups in total. The Kier molecular flexibility index (Phi) is 55.0. The number of hydrogen-bond acceptors (Lipinski definition) is 6. The Labute approximate surface area is 442 Å². The summed E-state index contributed by atoms with van der Waals surface area (Å²) >= 11 is 0. The molecule has 0 heterocycles. The van der Waals surface area contributed by atoms with Gasteiger partial charge in [0.2, 0.25) is 0 Å². The van der Waals surface area contributed by atoms with Crippen LogP contribution in [-0.2, 0) is 28.6 Å². The molecule has 6 nitrogen and oxygen atoms in total. The molecule has 0 saturated carbocycles. The molecule has 0 amide bonds. The van der Waals surface area contributed by atoms with E-state index in [1.165, 1.54) is 38.5 Å². The molecule has 404 valence electrons. The van der Waals surface area contributed by atoms with Crippen molar-refractivity contribution in [3.05, 3.63) is 146 Å². The van der Waals surface area contributed by atoms with Gasteiger partial charge in [-0.3, -0.25) is 14.4 Å². The molecule has 0 aromatic rings. The molecule has 0 aliphatic heterocycles. The molecule has 72 heavy (non-hydrogen) atoms. The van der Waals surface area contributed by atoms with Gasteiger partial charge in [-0.05, 0) is 122 Å². The molecule has 0 fully saturated rings. The lowest BCUT2D eigenvalue weighted by Gasteiger charge is -2.18. The molecule has 1 atom stereocenters. The Morgan fingerprint density at radius 2 is 0.542 bits per heavy atom. The molecule has 0 saturated heterocycles. The van der Waals surface area contributed by atoms with Gasteiger partial charge in [0.15, 0.2) is 6.10 Å². The van der Waals surface area contributed by atoms with Gasteiger partial charge in [-0.2, -0.15) is 0 Å². The van der Waals surface area contributed by atoms with Crippen molar-refractivity contribution < 1.29 is 28.6 Å². The van der Waals surface area contributed by atoms with Crippen LogP contribution < -0.4 is 0 Å². The van der Waals surface area contributed by atoms with Crippen LogP contribution in [0.2, 0.25) is 0 Å². The van der Waals surface area contributed by atoms with Crippen LogP contribution >= 0.6 is 0 Å². The lowest BCUT2D eigenvalue weighted by molar-refractivity contribution is -0.167. The predicted octanol–water partition coefficient (Wildman–Crippen LogP) is 19.6. The summed E-state index contributed by atoms with van der Waals surface area (Å²) in [5.41, 5.74) is 0. The minimum absolute atomic E-state index is 0.0990. The van der Waals surface area contributed by atoms with Crippen LogP contribution in [0.1, 0.15) is 233 Å². The summed E-state index contributed by atoms with van der Waals surface area (Å²) in [6.07, 6.45) is 84.4. The van der Waals surface area contributed by atoms with Gasteiger partial charge in [0, 0.05) is 19.3 Å². The zero-order valence-corrected chi connectivity index (χ0v) is 46.1. The third-order valence-corrected chi connectivity index (χ3v) is 11.6.